The van der Waals surface area contributed by atoms with Crippen LogP contribution in [0.25, 0.3) is 0 Å². The van der Waals surface area contributed by atoms with Gasteiger partial charge in [0.05, 0.1) is 22.3 Å². The predicted octanol–water partition coefficient (Wildman–Crippen LogP) is 3.13. The van der Waals surface area contributed by atoms with Gasteiger partial charge in [0.25, 0.3) is 35.4 Å². The molecule has 0 aliphatic carbocycles. The average Bonchev–Trinajstić information content (AvgIpc) is 3.30. The third-order valence-electron chi connectivity index (χ3n) is 6.15. The van der Waals surface area contributed by atoms with Crippen molar-refractivity contribution >= 4 is 41.1 Å². The van der Waals surface area contributed by atoms with E-state index in [2.05, 4.69) is 10.6 Å². The average molecular weight is 511 g/mol. The minimum absolute atomic E-state index is 0.0353. The van der Waals surface area contributed by atoms with E-state index < -0.39 is 29.5 Å². The lowest BCUT2D eigenvalue weighted by molar-refractivity contribution is 0.00845. The molecule has 2 heterocycles. The van der Waals surface area contributed by atoms with Crippen molar-refractivity contribution in [1.82, 2.24) is 15.3 Å². The summed E-state index contributed by atoms with van der Waals surface area (Å²) in [6.07, 6.45) is 0. The van der Waals surface area contributed by atoms with Crippen LogP contribution in [-0.4, -0.2) is 52.0 Å². The number of carbonyl (C=O) groups excluding carboxylic acids is 6. The molecule has 0 aromatic heterocycles. The minimum Gasteiger partial charge on any atom is -0.352 e. The van der Waals surface area contributed by atoms with Gasteiger partial charge in [0.2, 0.25) is 0 Å². The molecule has 2 aliphatic rings. The van der Waals surface area contributed by atoms with Crippen LogP contribution in [0.1, 0.15) is 76.0 Å². The second-order valence-corrected chi connectivity index (χ2v) is 9.29. The highest BCUT2D eigenvalue weighted by Gasteiger charge is 2.48. The van der Waals surface area contributed by atoms with Crippen LogP contribution in [0.15, 0.2) is 66.7 Å². The molecule has 190 valence electrons. The fourth-order valence-electron chi connectivity index (χ4n) is 4.25. The fraction of sp³-hybridized carbons (Fsp3) is 0.143. The van der Waals surface area contributed by atoms with Gasteiger partial charge < -0.3 is 10.6 Å². The van der Waals surface area contributed by atoms with Crippen LogP contribution in [0.2, 0.25) is 0 Å². The molecular weight excluding hydrogens is 488 g/mol. The number of amides is 6. The van der Waals surface area contributed by atoms with Gasteiger partial charge in [-0.25, -0.2) is 0 Å². The highest BCUT2D eigenvalue weighted by molar-refractivity contribution is 6.28. The molecule has 0 saturated carbocycles. The first-order chi connectivity index (χ1) is 18.2. The number of fused-ring (bicyclic) bond motifs is 2. The molecular formula is C28H22N4O6. The van der Waals surface area contributed by atoms with Gasteiger partial charge in [0, 0.05) is 23.4 Å². The molecule has 0 radical (unpaired) electrons. The summed E-state index contributed by atoms with van der Waals surface area (Å²) < 4.78 is 0. The molecule has 0 bridgehead atoms. The summed E-state index contributed by atoms with van der Waals surface area (Å²) in [6.45, 7) is 4.46. The van der Waals surface area contributed by atoms with E-state index >= 15 is 0 Å². The lowest BCUT2D eigenvalue weighted by atomic mass is 10.1. The van der Waals surface area contributed by atoms with E-state index in [1.807, 2.05) is 13.8 Å². The van der Waals surface area contributed by atoms with Crippen molar-refractivity contribution in [2.45, 2.75) is 13.8 Å². The summed E-state index contributed by atoms with van der Waals surface area (Å²) in [4.78, 5) is 77.2. The van der Waals surface area contributed by atoms with Crippen molar-refractivity contribution in [2.24, 2.45) is 5.92 Å². The van der Waals surface area contributed by atoms with E-state index in [9.17, 15) is 28.8 Å². The third-order valence-corrected chi connectivity index (χ3v) is 6.15. The van der Waals surface area contributed by atoms with Crippen molar-refractivity contribution in [3.05, 3.63) is 100 Å². The third kappa shape index (κ3) is 4.11. The zero-order valence-electron chi connectivity index (χ0n) is 20.5. The molecule has 0 saturated heterocycles. The largest absolute Gasteiger partial charge is 0.352 e. The molecule has 10 nitrogen and oxygen atoms in total. The van der Waals surface area contributed by atoms with Gasteiger partial charge in [-0.05, 0) is 54.4 Å². The Labute approximate surface area is 217 Å². The van der Waals surface area contributed by atoms with Gasteiger partial charge in [0.15, 0.2) is 0 Å². The number of hydrogen-bond donors (Lipinski definition) is 2. The van der Waals surface area contributed by atoms with E-state index in [1.54, 1.807) is 30.3 Å². The molecule has 3 aromatic rings. The number of nitrogens with one attached hydrogen (secondary N) is 2. The van der Waals surface area contributed by atoms with Crippen LogP contribution in [0.3, 0.4) is 0 Å². The van der Waals surface area contributed by atoms with E-state index in [1.165, 1.54) is 36.4 Å². The van der Waals surface area contributed by atoms with Crippen molar-refractivity contribution in [1.29, 1.82) is 0 Å². The Hall–Kier alpha value is -5.12. The van der Waals surface area contributed by atoms with E-state index in [4.69, 9.17) is 0 Å². The Morgan fingerprint density at radius 3 is 1.82 bits per heavy atom. The Morgan fingerprint density at radius 2 is 1.21 bits per heavy atom. The summed E-state index contributed by atoms with van der Waals surface area (Å²) in [5.74, 6) is -3.86. The Morgan fingerprint density at radius 1 is 0.658 bits per heavy atom. The normalized spacial score (nSPS) is 14.2. The van der Waals surface area contributed by atoms with Crippen LogP contribution < -0.4 is 10.6 Å². The highest BCUT2D eigenvalue weighted by atomic mass is 16.2. The molecule has 3 aromatic carbocycles. The monoisotopic (exact) mass is 510 g/mol. The van der Waals surface area contributed by atoms with E-state index in [0.29, 0.717) is 27.8 Å². The predicted molar refractivity (Wildman–Crippen MR) is 135 cm³/mol. The topological polar surface area (TPSA) is 133 Å². The summed E-state index contributed by atoms with van der Waals surface area (Å²) in [6, 6.07) is 16.3. The Bertz CT molecular complexity index is 1530. The number of hydrazine groups is 1. The lowest BCUT2D eigenvalue weighted by Gasteiger charge is -2.23. The number of hydrogen-bond acceptors (Lipinski definition) is 6. The zero-order valence-corrected chi connectivity index (χ0v) is 20.5. The number of nitrogens with zero attached hydrogens (tertiary/aromatic N) is 2. The van der Waals surface area contributed by atoms with Crippen LogP contribution in [-0.2, 0) is 0 Å². The molecule has 5 rings (SSSR count). The summed E-state index contributed by atoms with van der Waals surface area (Å²) in [5.41, 5.74) is 0.845. The standard InChI is InChI=1S/C28H22N4O6/c1-15(2)14-29-23(33)16-6-5-7-18(12-16)30-24(34)17-10-11-21-22(13-17)28(38)32(27(21)37)31-25(35)19-8-3-4-9-20(19)26(31)36/h3-13,15H,14H2,1-2H3,(H,29,33)(H,30,34). The van der Waals surface area contributed by atoms with Gasteiger partial charge in [-0.3, -0.25) is 28.8 Å². The number of imide groups is 2. The maximum atomic E-state index is 13.2. The second kappa shape index (κ2) is 9.40. The first-order valence-electron chi connectivity index (χ1n) is 11.9. The molecule has 0 fully saturated rings. The Kier molecular flexibility index (Phi) is 6.08. The van der Waals surface area contributed by atoms with Crippen molar-refractivity contribution in [3.63, 3.8) is 0 Å². The number of benzene rings is 3. The molecule has 0 spiro atoms. The van der Waals surface area contributed by atoms with Gasteiger partial charge in [-0.1, -0.05) is 32.0 Å². The zero-order chi connectivity index (χ0) is 27.1. The number of rotatable bonds is 6. The molecule has 6 amide bonds. The SMILES string of the molecule is CC(C)CNC(=O)c1cccc(NC(=O)c2ccc3c(c2)C(=O)N(N2C(=O)c4ccccc4C2=O)C3=O)c1. The first kappa shape index (κ1) is 24.6. The van der Waals surface area contributed by atoms with E-state index in [-0.39, 0.29) is 39.6 Å². The van der Waals surface area contributed by atoms with E-state index in [0.717, 1.165) is 0 Å². The maximum Gasteiger partial charge on any atom is 0.281 e. The molecule has 0 unspecified atom stereocenters. The Balaban J connectivity index is 1.36. The second-order valence-electron chi connectivity index (χ2n) is 9.29. The highest BCUT2D eigenvalue weighted by Crippen LogP contribution is 2.31. The fourth-order valence-corrected chi connectivity index (χ4v) is 4.25. The van der Waals surface area contributed by atoms with Gasteiger partial charge in [-0.15, -0.1) is 0 Å². The maximum absolute atomic E-state index is 13.2. The number of carbonyl (C=O) groups is 6. The van der Waals surface area contributed by atoms with Gasteiger partial charge in [0.1, 0.15) is 0 Å². The quantitative estimate of drug-likeness (QED) is 0.490. The van der Waals surface area contributed by atoms with Crippen molar-refractivity contribution < 1.29 is 28.8 Å². The van der Waals surface area contributed by atoms with Crippen molar-refractivity contribution in [2.75, 3.05) is 11.9 Å². The molecule has 38 heavy (non-hydrogen) atoms. The van der Waals surface area contributed by atoms with Crippen LogP contribution in [0, 0.1) is 5.92 Å². The molecule has 0 atom stereocenters. The summed E-state index contributed by atoms with van der Waals surface area (Å²) in [7, 11) is 0. The van der Waals surface area contributed by atoms with Crippen LogP contribution in [0.5, 0.6) is 0 Å². The molecule has 2 aliphatic heterocycles. The number of anilines is 1. The van der Waals surface area contributed by atoms with Crippen molar-refractivity contribution in [3.8, 4) is 0 Å². The molecule has 10 heteroatoms. The lowest BCUT2D eigenvalue weighted by Crippen LogP contribution is -2.49. The molecule has 2 N–H and O–H groups in total. The summed E-state index contributed by atoms with van der Waals surface area (Å²) in [5, 5.41) is 6.53. The minimum atomic E-state index is -0.891. The van der Waals surface area contributed by atoms with Crippen LogP contribution in [0.4, 0.5) is 5.69 Å². The van der Waals surface area contributed by atoms with Gasteiger partial charge >= 0.3 is 0 Å². The smallest absolute Gasteiger partial charge is 0.281 e. The van der Waals surface area contributed by atoms with Gasteiger partial charge in [-0.2, -0.15) is 10.0 Å². The summed E-state index contributed by atoms with van der Waals surface area (Å²) >= 11 is 0. The first-order valence-corrected chi connectivity index (χ1v) is 11.9. The van der Waals surface area contributed by atoms with Crippen LogP contribution >= 0.6 is 0 Å².